The van der Waals surface area contributed by atoms with E-state index >= 15 is 0 Å². The summed E-state index contributed by atoms with van der Waals surface area (Å²) >= 11 is 11.1. The van der Waals surface area contributed by atoms with E-state index in [0.717, 1.165) is 0 Å². The highest BCUT2D eigenvalue weighted by Gasteiger charge is 2.15. The number of aromatic nitrogens is 2. The van der Waals surface area contributed by atoms with Crippen molar-refractivity contribution in [1.82, 2.24) is 9.71 Å². The van der Waals surface area contributed by atoms with Crippen molar-refractivity contribution in [2.75, 3.05) is 0 Å². The molecule has 0 atom stereocenters. The first-order chi connectivity index (χ1) is 7.11. The molecule has 1 heterocycles. The van der Waals surface area contributed by atoms with Gasteiger partial charge < -0.3 is 5.21 Å². The molecule has 0 aliphatic carbocycles. The smallest absolute Gasteiger partial charge is 0.307 e. The van der Waals surface area contributed by atoms with E-state index in [9.17, 15) is 10.0 Å². The fraction of sp³-hybridized carbons (Fsp3) is 0.111. The second-order valence-electron chi connectivity index (χ2n) is 2.90. The minimum atomic E-state index is -1.06. The van der Waals surface area contributed by atoms with Crippen LogP contribution in [0.3, 0.4) is 0 Å². The number of halogens is 2. The average molecular weight is 245 g/mol. The molecular formula is C9H6Cl2N2O2. The predicted octanol–water partition coefficient (Wildman–Crippen LogP) is 2.11. The van der Waals surface area contributed by atoms with E-state index in [1.807, 2.05) is 0 Å². The second-order valence-corrected chi connectivity index (χ2v) is 4.00. The Hall–Kier alpha value is -1.26. The van der Waals surface area contributed by atoms with Gasteiger partial charge >= 0.3 is 5.56 Å². The molecule has 0 unspecified atom stereocenters. The molecular weight excluding hydrogens is 239 g/mol. The molecule has 2 aromatic rings. The predicted molar refractivity (Wildman–Crippen MR) is 57.6 cm³/mol. The number of hydrogen-bond acceptors (Lipinski definition) is 3. The van der Waals surface area contributed by atoms with Crippen molar-refractivity contribution in [3.63, 3.8) is 0 Å². The molecule has 1 N–H and O–H groups in total. The number of hydrogen-bond donors (Lipinski definition) is 1. The van der Waals surface area contributed by atoms with Gasteiger partial charge in [0.05, 0.1) is 5.52 Å². The third kappa shape index (κ3) is 1.66. The topological polar surface area (TPSA) is 55.1 Å². The SMILES string of the molecule is O=c1c(C(Cl)Cl)nc2ccccc2n1O. The first-order valence-electron chi connectivity index (χ1n) is 4.10. The number of benzene rings is 1. The van der Waals surface area contributed by atoms with Gasteiger partial charge in [-0.25, -0.2) is 4.98 Å². The standard InChI is InChI=1S/C9H6Cl2N2O2/c10-8(11)7-9(14)13(15)6-4-2-1-3-5(6)12-7/h1-4,8,15H. The maximum absolute atomic E-state index is 11.5. The lowest BCUT2D eigenvalue weighted by atomic mass is 10.3. The summed E-state index contributed by atoms with van der Waals surface area (Å²) in [6.45, 7) is 0. The molecule has 0 saturated heterocycles. The summed E-state index contributed by atoms with van der Waals surface area (Å²) in [6, 6.07) is 6.65. The van der Waals surface area contributed by atoms with Crippen molar-refractivity contribution in [3.8, 4) is 0 Å². The van der Waals surface area contributed by atoms with E-state index in [4.69, 9.17) is 23.2 Å². The lowest BCUT2D eigenvalue weighted by molar-refractivity contribution is 0.187. The summed E-state index contributed by atoms with van der Waals surface area (Å²) in [7, 11) is 0. The van der Waals surface area contributed by atoms with Gasteiger partial charge in [-0.1, -0.05) is 35.3 Å². The fourth-order valence-corrected chi connectivity index (χ4v) is 1.56. The van der Waals surface area contributed by atoms with Gasteiger partial charge in [-0.2, -0.15) is 0 Å². The lowest BCUT2D eigenvalue weighted by Gasteiger charge is -2.06. The maximum Gasteiger partial charge on any atom is 0.307 e. The Morgan fingerprint density at radius 3 is 2.67 bits per heavy atom. The van der Waals surface area contributed by atoms with Crippen LogP contribution >= 0.6 is 23.2 Å². The molecule has 0 bridgehead atoms. The first-order valence-corrected chi connectivity index (χ1v) is 4.97. The van der Waals surface area contributed by atoms with Crippen molar-refractivity contribution in [1.29, 1.82) is 0 Å². The van der Waals surface area contributed by atoms with Crippen molar-refractivity contribution in [2.24, 2.45) is 0 Å². The maximum atomic E-state index is 11.5. The number of para-hydroxylation sites is 2. The summed E-state index contributed by atoms with van der Waals surface area (Å²) in [6.07, 6.45) is 0. The summed E-state index contributed by atoms with van der Waals surface area (Å²) < 4.78 is 0.495. The van der Waals surface area contributed by atoms with Crippen LogP contribution in [0.5, 0.6) is 0 Å². The highest BCUT2D eigenvalue weighted by Crippen LogP contribution is 2.21. The zero-order valence-electron chi connectivity index (χ0n) is 7.39. The van der Waals surface area contributed by atoms with E-state index < -0.39 is 10.4 Å². The van der Waals surface area contributed by atoms with Crippen molar-refractivity contribution in [2.45, 2.75) is 4.84 Å². The van der Waals surface area contributed by atoms with Crippen LogP contribution < -0.4 is 5.56 Å². The Morgan fingerprint density at radius 1 is 1.33 bits per heavy atom. The van der Waals surface area contributed by atoms with Crippen LogP contribution in [0.25, 0.3) is 11.0 Å². The normalized spacial score (nSPS) is 11.1. The van der Waals surface area contributed by atoms with Crippen LogP contribution in [0, 0.1) is 0 Å². The Labute approximate surface area is 94.6 Å². The first kappa shape index (κ1) is 10.3. The third-order valence-corrected chi connectivity index (χ3v) is 2.38. The van der Waals surface area contributed by atoms with Crippen LogP contribution in [-0.4, -0.2) is 14.9 Å². The highest BCUT2D eigenvalue weighted by atomic mass is 35.5. The van der Waals surface area contributed by atoms with Crippen LogP contribution in [-0.2, 0) is 0 Å². The Kier molecular flexibility index (Phi) is 2.54. The van der Waals surface area contributed by atoms with E-state index in [0.29, 0.717) is 15.8 Å². The molecule has 0 aliphatic heterocycles. The molecule has 1 aromatic carbocycles. The molecule has 0 radical (unpaired) electrons. The van der Waals surface area contributed by atoms with Gasteiger partial charge in [0.15, 0.2) is 4.84 Å². The molecule has 15 heavy (non-hydrogen) atoms. The molecule has 0 saturated carbocycles. The molecule has 0 spiro atoms. The minimum Gasteiger partial charge on any atom is -0.425 e. The lowest BCUT2D eigenvalue weighted by Crippen LogP contribution is -2.23. The second kappa shape index (κ2) is 3.72. The highest BCUT2D eigenvalue weighted by molar-refractivity contribution is 6.43. The average Bonchev–Trinajstić information content (AvgIpc) is 2.23. The van der Waals surface area contributed by atoms with E-state index in [1.165, 1.54) is 0 Å². The Balaban J connectivity index is 2.89. The summed E-state index contributed by atoms with van der Waals surface area (Å²) in [5.41, 5.74) is -0.00985. The van der Waals surface area contributed by atoms with Crippen molar-refractivity contribution < 1.29 is 5.21 Å². The Morgan fingerprint density at radius 2 is 2.00 bits per heavy atom. The number of alkyl halides is 2. The minimum absolute atomic E-state index is 0.0838. The van der Waals surface area contributed by atoms with Crippen LogP contribution in [0.15, 0.2) is 29.1 Å². The molecule has 0 amide bonds. The summed E-state index contributed by atoms with van der Waals surface area (Å²) in [5, 5.41) is 9.53. The zero-order valence-corrected chi connectivity index (χ0v) is 8.90. The fourth-order valence-electron chi connectivity index (χ4n) is 1.28. The molecule has 2 rings (SSSR count). The van der Waals surface area contributed by atoms with Crippen molar-refractivity contribution in [3.05, 3.63) is 40.3 Å². The van der Waals surface area contributed by atoms with Gasteiger partial charge in [-0.15, -0.1) is 4.73 Å². The largest absolute Gasteiger partial charge is 0.425 e. The van der Waals surface area contributed by atoms with Gasteiger partial charge in [-0.05, 0) is 12.1 Å². The molecule has 6 heteroatoms. The Bertz CT molecular complexity index is 566. The summed E-state index contributed by atoms with van der Waals surface area (Å²) in [4.78, 5) is 14.4. The summed E-state index contributed by atoms with van der Waals surface area (Å²) in [5.74, 6) is 0. The number of fused-ring (bicyclic) bond motifs is 1. The van der Waals surface area contributed by atoms with Gasteiger partial charge in [0, 0.05) is 0 Å². The quantitative estimate of drug-likeness (QED) is 0.618. The van der Waals surface area contributed by atoms with Crippen LogP contribution in [0.4, 0.5) is 0 Å². The molecule has 0 aliphatic rings. The molecule has 1 aromatic heterocycles. The van der Waals surface area contributed by atoms with Crippen LogP contribution in [0.2, 0.25) is 0 Å². The monoisotopic (exact) mass is 244 g/mol. The van der Waals surface area contributed by atoms with E-state index in [1.54, 1.807) is 24.3 Å². The third-order valence-electron chi connectivity index (χ3n) is 1.97. The van der Waals surface area contributed by atoms with Gasteiger partial charge in [0.25, 0.3) is 0 Å². The van der Waals surface area contributed by atoms with Crippen molar-refractivity contribution >= 4 is 34.2 Å². The van der Waals surface area contributed by atoms with Gasteiger partial charge in [0.1, 0.15) is 11.2 Å². The van der Waals surface area contributed by atoms with Gasteiger partial charge in [0.2, 0.25) is 0 Å². The van der Waals surface area contributed by atoms with Crippen LogP contribution in [0.1, 0.15) is 10.5 Å². The van der Waals surface area contributed by atoms with Gasteiger partial charge in [-0.3, -0.25) is 4.79 Å². The molecule has 78 valence electrons. The number of rotatable bonds is 1. The van der Waals surface area contributed by atoms with E-state index in [-0.39, 0.29) is 5.69 Å². The van der Waals surface area contributed by atoms with E-state index in [2.05, 4.69) is 4.98 Å². The molecule has 4 nitrogen and oxygen atoms in total. The zero-order chi connectivity index (χ0) is 11.0. The number of nitrogens with zero attached hydrogens (tertiary/aromatic N) is 2. The molecule has 0 fully saturated rings.